The number of esters is 1. The summed E-state index contributed by atoms with van der Waals surface area (Å²) in [5.74, 6) is 1.18. The van der Waals surface area contributed by atoms with Gasteiger partial charge in [-0.2, -0.15) is 0 Å². The van der Waals surface area contributed by atoms with Gasteiger partial charge in [0.1, 0.15) is 0 Å². The third-order valence-electron chi connectivity index (χ3n) is 3.67. The van der Waals surface area contributed by atoms with E-state index in [1.165, 1.54) is 25.0 Å². The monoisotopic (exact) mass is 334 g/mol. The molecule has 1 aliphatic rings. The predicted octanol–water partition coefficient (Wildman–Crippen LogP) is 5.63. The molecule has 2 rings (SSSR count). The second-order valence-corrected chi connectivity index (χ2v) is 6.69. The number of rotatable bonds is 5. The Balaban J connectivity index is 1.80. The highest BCUT2D eigenvalue weighted by Crippen LogP contribution is 2.36. The molecule has 20 heavy (non-hydrogen) atoms. The van der Waals surface area contributed by atoms with Crippen LogP contribution in [0, 0.1) is 11.8 Å². The van der Waals surface area contributed by atoms with E-state index in [-0.39, 0.29) is 15.6 Å². The van der Waals surface area contributed by atoms with Crippen LogP contribution in [0.5, 0.6) is 0 Å². The molecule has 2 nitrogen and oxygen atoms in total. The number of hydrogen-bond acceptors (Lipinski definition) is 2. The van der Waals surface area contributed by atoms with Crippen molar-refractivity contribution < 1.29 is 9.53 Å². The van der Waals surface area contributed by atoms with E-state index in [9.17, 15) is 4.79 Å². The van der Waals surface area contributed by atoms with Crippen molar-refractivity contribution >= 4 is 40.8 Å². The number of ether oxygens (including phenoxy) is 1. The minimum atomic E-state index is -0.471. The van der Waals surface area contributed by atoms with Gasteiger partial charge in [-0.05, 0) is 49.7 Å². The van der Waals surface area contributed by atoms with E-state index in [1.54, 1.807) is 0 Å². The summed E-state index contributed by atoms with van der Waals surface area (Å²) in [6.45, 7) is 2.67. The molecule has 1 aliphatic carbocycles. The number of carbonyl (C=O) groups is 1. The third kappa shape index (κ3) is 4.03. The second kappa shape index (κ2) is 7.02. The number of halogens is 3. The molecule has 0 spiro atoms. The van der Waals surface area contributed by atoms with Gasteiger partial charge in [0.2, 0.25) is 0 Å². The lowest BCUT2D eigenvalue weighted by atomic mass is 9.74. The third-order valence-corrected chi connectivity index (χ3v) is 4.69. The number of carbonyl (C=O) groups excluding carboxylic acids is 1. The topological polar surface area (TPSA) is 26.3 Å². The minimum Gasteiger partial charge on any atom is -0.462 e. The SMILES string of the molecule is CC1CC(CCCOC(=O)c2cc(Cl)cc(Cl)c2Cl)C1. The van der Waals surface area contributed by atoms with Gasteiger partial charge in [0.15, 0.2) is 0 Å². The zero-order valence-corrected chi connectivity index (χ0v) is 13.6. The lowest BCUT2D eigenvalue weighted by Gasteiger charge is -2.32. The van der Waals surface area contributed by atoms with Crippen LogP contribution < -0.4 is 0 Å². The smallest absolute Gasteiger partial charge is 0.339 e. The van der Waals surface area contributed by atoms with Gasteiger partial charge >= 0.3 is 5.97 Å². The summed E-state index contributed by atoms with van der Waals surface area (Å²) in [7, 11) is 0. The lowest BCUT2D eigenvalue weighted by Crippen LogP contribution is -2.21. The van der Waals surface area contributed by atoms with Crippen LogP contribution in [0.2, 0.25) is 15.1 Å². The summed E-state index contributed by atoms with van der Waals surface area (Å²) in [6.07, 6.45) is 4.59. The molecular weight excluding hydrogens is 319 g/mol. The Labute approximate surface area is 134 Å². The Kier molecular flexibility index (Phi) is 5.59. The number of benzene rings is 1. The molecule has 5 heteroatoms. The zero-order chi connectivity index (χ0) is 14.7. The van der Waals surface area contributed by atoms with Gasteiger partial charge < -0.3 is 4.74 Å². The fourth-order valence-corrected chi connectivity index (χ4v) is 3.30. The van der Waals surface area contributed by atoms with Crippen molar-refractivity contribution in [1.82, 2.24) is 0 Å². The van der Waals surface area contributed by atoms with E-state index >= 15 is 0 Å². The van der Waals surface area contributed by atoms with E-state index in [1.807, 2.05) is 0 Å². The van der Waals surface area contributed by atoms with Crippen molar-refractivity contribution in [2.24, 2.45) is 11.8 Å². The van der Waals surface area contributed by atoms with Gasteiger partial charge in [0.05, 0.1) is 22.2 Å². The summed E-state index contributed by atoms with van der Waals surface area (Å²) in [6, 6.07) is 2.98. The second-order valence-electron chi connectivity index (χ2n) is 5.47. The fraction of sp³-hybridized carbons (Fsp3) is 0.533. The van der Waals surface area contributed by atoms with Gasteiger partial charge in [0.25, 0.3) is 0 Å². The molecule has 0 atom stereocenters. The summed E-state index contributed by atoms with van der Waals surface area (Å²) in [5.41, 5.74) is 0.224. The van der Waals surface area contributed by atoms with E-state index in [4.69, 9.17) is 39.5 Å². The molecule has 0 aromatic heterocycles. The molecule has 0 radical (unpaired) electrons. The molecule has 0 heterocycles. The molecule has 0 amide bonds. The Hall–Kier alpha value is -0.440. The van der Waals surface area contributed by atoms with Gasteiger partial charge in [-0.1, -0.05) is 41.7 Å². The summed E-state index contributed by atoms with van der Waals surface area (Å²) in [5, 5.41) is 0.818. The maximum atomic E-state index is 11.9. The fourth-order valence-electron chi connectivity index (χ4n) is 2.62. The highest BCUT2D eigenvalue weighted by molar-refractivity contribution is 6.45. The van der Waals surface area contributed by atoms with Crippen molar-refractivity contribution in [2.75, 3.05) is 6.61 Å². The highest BCUT2D eigenvalue weighted by Gasteiger charge is 2.24. The van der Waals surface area contributed by atoms with Crippen LogP contribution in [0.1, 0.15) is 43.0 Å². The standard InChI is InChI=1S/C15H17Cl3O2/c1-9-5-10(6-9)3-2-4-20-15(19)12-7-11(16)8-13(17)14(12)18/h7-10H,2-6H2,1H3. The molecule has 1 fully saturated rings. The Morgan fingerprint density at radius 2 is 2.00 bits per heavy atom. The molecule has 1 aromatic carbocycles. The Morgan fingerprint density at radius 3 is 2.65 bits per heavy atom. The first kappa shape index (κ1) is 15.9. The molecule has 110 valence electrons. The lowest BCUT2D eigenvalue weighted by molar-refractivity contribution is 0.0482. The van der Waals surface area contributed by atoms with E-state index in [0.717, 1.165) is 24.7 Å². The van der Waals surface area contributed by atoms with Crippen LogP contribution in [-0.2, 0) is 4.74 Å². The molecular formula is C15H17Cl3O2. The van der Waals surface area contributed by atoms with E-state index < -0.39 is 5.97 Å². The maximum absolute atomic E-state index is 11.9. The minimum absolute atomic E-state index is 0.189. The first-order chi connectivity index (χ1) is 9.47. The zero-order valence-electron chi connectivity index (χ0n) is 11.3. The summed E-state index contributed by atoms with van der Waals surface area (Å²) < 4.78 is 5.22. The predicted molar refractivity (Wildman–Crippen MR) is 82.9 cm³/mol. The van der Waals surface area contributed by atoms with Crippen LogP contribution in [0.15, 0.2) is 12.1 Å². The van der Waals surface area contributed by atoms with Crippen molar-refractivity contribution in [3.8, 4) is 0 Å². The first-order valence-electron chi connectivity index (χ1n) is 6.79. The van der Waals surface area contributed by atoms with Crippen molar-refractivity contribution in [2.45, 2.75) is 32.6 Å². The Bertz CT molecular complexity index is 496. The highest BCUT2D eigenvalue weighted by atomic mass is 35.5. The average molecular weight is 336 g/mol. The van der Waals surface area contributed by atoms with Gasteiger partial charge in [-0.3, -0.25) is 0 Å². The van der Waals surface area contributed by atoms with Crippen molar-refractivity contribution in [3.05, 3.63) is 32.8 Å². The molecule has 0 aliphatic heterocycles. The van der Waals surface area contributed by atoms with Gasteiger partial charge in [0, 0.05) is 5.02 Å². The van der Waals surface area contributed by atoms with Gasteiger partial charge in [-0.25, -0.2) is 4.79 Å². The van der Waals surface area contributed by atoms with Gasteiger partial charge in [-0.15, -0.1) is 0 Å². The van der Waals surface area contributed by atoms with Crippen molar-refractivity contribution in [1.29, 1.82) is 0 Å². The summed E-state index contributed by atoms with van der Waals surface area (Å²) in [4.78, 5) is 11.9. The molecule has 0 bridgehead atoms. The van der Waals surface area contributed by atoms with E-state index in [2.05, 4.69) is 6.92 Å². The first-order valence-corrected chi connectivity index (χ1v) is 7.92. The van der Waals surface area contributed by atoms with Crippen LogP contribution in [0.3, 0.4) is 0 Å². The normalized spacial score (nSPS) is 21.4. The van der Waals surface area contributed by atoms with Crippen LogP contribution in [0.25, 0.3) is 0 Å². The molecule has 0 unspecified atom stereocenters. The van der Waals surface area contributed by atoms with Crippen LogP contribution in [-0.4, -0.2) is 12.6 Å². The van der Waals surface area contributed by atoms with Crippen LogP contribution in [0.4, 0.5) is 0 Å². The maximum Gasteiger partial charge on any atom is 0.339 e. The van der Waals surface area contributed by atoms with Crippen molar-refractivity contribution in [3.63, 3.8) is 0 Å². The Morgan fingerprint density at radius 1 is 1.30 bits per heavy atom. The number of hydrogen-bond donors (Lipinski definition) is 0. The molecule has 0 N–H and O–H groups in total. The molecule has 1 saturated carbocycles. The molecule has 1 aromatic rings. The van der Waals surface area contributed by atoms with E-state index in [0.29, 0.717) is 11.6 Å². The quantitative estimate of drug-likeness (QED) is 0.396. The average Bonchev–Trinajstić information content (AvgIpc) is 2.36. The van der Waals surface area contributed by atoms with Crippen LogP contribution >= 0.6 is 34.8 Å². The largest absolute Gasteiger partial charge is 0.462 e. The molecule has 0 saturated heterocycles. The summed E-state index contributed by atoms with van der Waals surface area (Å²) >= 11 is 17.7.